The van der Waals surface area contributed by atoms with E-state index in [1.54, 1.807) is 0 Å². The molecule has 0 bridgehead atoms. The van der Waals surface area contributed by atoms with E-state index in [-0.39, 0.29) is 0 Å². The van der Waals surface area contributed by atoms with E-state index in [1.165, 1.54) is 5.56 Å². The molecule has 1 aromatic rings. The van der Waals surface area contributed by atoms with Gasteiger partial charge >= 0.3 is 0 Å². The van der Waals surface area contributed by atoms with Gasteiger partial charge in [-0.15, -0.1) is 0 Å². The first-order chi connectivity index (χ1) is 8.72. The van der Waals surface area contributed by atoms with Crippen LogP contribution in [0.1, 0.15) is 32.3 Å². The molecular weight excluding hydrogens is 226 g/mol. The molecular formula is C15H23NO2. The monoisotopic (exact) mass is 249 g/mol. The molecule has 2 rings (SSSR count). The fourth-order valence-corrected chi connectivity index (χ4v) is 2.51. The van der Waals surface area contributed by atoms with Gasteiger partial charge in [-0.1, -0.05) is 18.2 Å². The highest BCUT2D eigenvalue weighted by molar-refractivity contribution is 5.40. The Balaban J connectivity index is 1.92. The number of hydrogen-bond acceptors (Lipinski definition) is 3. The molecule has 0 aliphatic carbocycles. The molecule has 0 radical (unpaired) electrons. The van der Waals surface area contributed by atoms with Gasteiger partial charge in [-0.25, -0.2) is 0 Å². The largest absolute Gasteiger partial charge is 0.493 e. The van der Waals surface area contributed by atoms with Gasteiger partial charge < -0.3 is 14.8 Å². The van der Waals surface area contributed by atoms with Crippen molar-refractivity contribution in [3.05, 3.63) is 29.8 Å². The molecule has 18 heavy (non-hydrogen) atoms. The van der Waals surface area contributed by atoms with Crippen LogP contribution in [0.25, 0.3) is 0 Å². The fraction of sp³-hybridized carbons (Fsp3) is 0.600. The van der Waals surface area contributed by atoms with Crippen molar-refractivity contribution in [1.82, 2.24) is 5.32 Å². The zero-order chi connectivity index (χ0) is 13.0. The second-order valence-corrected chi connectivity index (χ2v) is 4.97. The minimum absolute atomic E-state index is 0.368. The summed E-state index contributed by atoms with van der Waals surface area (Å²) < 4.78 is 11.2. The molecule has 100 valence electrons. The first kappa shape index (κ1) is 13.4. The molecule has 3 unspecified atom stereocenters. The van der Waals surface area contributed by atoms with Crippen molar-refractivity contribution >= 4 is 0 Å². The lowest BCUT2D eigenvalue weighted by Crippen LogP contribution is -2.41. The van der Waals surface area contributed by atoms with Crippen molar-refractivity contribution in [1.29, 1.82) is 0 Å². The Morgan fingerprint density at radius 3 is 2.94 bits per heavy atom. The van der Waals surface area contributed by atoms with E-state index >= 15 is 0 Å². The van der Waals surface area contributed by atoms with E-state index < -0.39 is 0 Å². The van der Waals surface area contributed by atoms with Crippen LogP contribution in [-0.4, -0.2) is 31.9 Å². The number of rotatable bonds is 6. The summed E-state index contributed by atoms with van der Waals surface area (Å²) in [4.78, 5) is 0. The van der Waals surface area contributed by atoms with E-state index in [0.717, 1.165) is 25.6 Å². The zero-order valence-corrected chi connectivity index (χ0v) is 11.5. The fourth-order valence-electron chi connectivity index (χ4n) is 2.51. The highest BCUT2D eigenvalue weighted by atomic mass is 16.5. The number of ether oxygens (including phenoxy) is 2. The van der Waals surface area contributed by atoms with Crippen LogP contribution in [-0.2, 0) is 4.74 Å². The van der Waals surface area contributed by atoms with E-state index in [9.17, 15) is 0 Å². The molecule has 1 N–H and O–H groups in total. The normalized spacial score (nSPS) is 21.2. The van der Waals surface area contributed by atoms with E-state index in [4.69, 9.17) is 9.47 Å². The molecule has 0 fully saturated rings. The molecule has 1 aliphatic rings. The lowest BCUT2D eigenvalue weighted by molar-refractivity contribution is 0.122. The second kappa shape index (κ2) is 6.21. The Morgan fingerprint density at radius 1 is 1.39 bits per heavy atom. The Morgan fingerprint density at radius 2 is 2.17 bits per heavy atom. The van der Waals surface area contributed by atoms with E-state index in [0.29, 0.717) is 18.0 Å². The summed E-state index contributed by atoms with van der Waals surface area (Å²) in [5.74, 6) is 1.47. The average Bonchev–Trinajstić information content (AvgIpc) is 2.80. The Hall–Kier alpha value is -1.06. The average molecular weight is 249 g/mol. The van der Waals surface area contributed by atoms with Crippen molar-refractivity contribution < 1.29 is 9.47 Å². The number of nitrogens with one attached hydrogen (secondary N) is 1. The van der Waals surface area contributed by atoms with Gasteiger partial charge in [0, 0.05) is 30.2 Å². The summed E-state index contributed by atoms with van der Waals surface area (Å²) in [5, 5.41) is 3.59. The molecule has 0 saturated heterocycles. The summed E-state index contributed by atoms with van der Waals surface area (Å²) in [5.41, 5.74) is 1.32. The van der Waals surface area contributed by atoms with Crippen LogP contribution in [0.15, 0.2) is 24.3 Å². The first-order valence-corrected chi connectivity index (χ1v) is 6.78. The molecule has 1 aliphatic heterocycles. The first-order valence-electron chi connectivity index (χ1n) is 6.78. The second-order valence-electron chi connectivity index (χ2n) is 4.97. The van der Waals surface area contributed by atoms with Crippen LogP contribution >= 0.6 is 0 Å². The van der Waals surface area contributed by atoms with Crippen molar-refractivity contribution in [3.63, 3.8) is 0 Å². The maximum atomic E-state index is 5.72. The lowest BCUT2D eigenvalue weighted by Gasteiger charge is -2.24. The summed E-state index contributed by atoms with van der Waals surface area (Å²) in [6.07, 6.45) is 0. The number of para-hydroxylation sites is 1. The maximum Gasteiger partial charge on any atom is 0.122 e. The van der Waals surface area contributed by atoms with Gasteiger partial charge in [0.25, 0.3) is 0 Å². The minimum Gasteiger partial charge on any atom is -0.493 e. The van der Waals surface area contributed by atoms with Crippen LogP contribution in [0.2, 0.25) is 0 Å². The Labute approximate surface area is 109 Å². The van der Waals surface area contributed by atoms with Crippen LogP contribution in [0, 0.1) is 0 Å². The van der Waals surface area contributed by atoms with Crippen LogP contribution in [0.5, 0.6) is 5.75 Å². The standard InChI is InChI=1S/C15H23NO2/c1-4-17-9-11(2)16-12(3)14-10-18-15-8-6-5-7-13(14)15/h5-8,11-12,14,16H,4,9-10H2,1-3H3. The molecule has 1 aromatic carbocycles. The zero-order valence-electron chi connectivity index (χ0n) is 11.5. The molecule has 0 amide bonds. The van der Waals surface area contributed by atoms with E-state index in [1.807, 2.05) is 19.1 Å². The Bertz CT molecular complexity index is 381. The number of benzene rings is 1. The quantitative estimate of drug-likeness (QED) is 0.840. The predicted octanol–water partition coefficient (Wildman–Crippen LogP) is 2.57. The highest BCUT2D eigenvalue weighted by Gasteiger charge is 2.29. The SMILES string of the molecule is CCOCC(C)NC(C)C1COc2ccccc21. The molecule has 3 nitrogen and oxygen atoms in total. The molecule has 0 spiro atoms. The van der Waals surface area contributed by atoms with Crippen LogP contribution in [0.4, 0.5) is 0 Å². The third-order valence-electron chi connectivity index (χ3n) is 3.46. The highest BCUT2D eigenvalue weighted by Crippen LogP contribution is 2.35. The summed E-state index contributed by atoms with van der Waals surface area (Å²) >= 11 is 0. The van der Waals surface area contributed by atoms with Crippen molar-refractivity contribution in [2.24, 2.45) is 0 Å². The Kier molecular flexibility index (Phi) is 4.61. The number of fused-ring (bicyclic) bond motifs is 1. The minimum atomic E-state index is 0.368. The summed E-state index contributed by atoms with van der Waals surface area (Å²) in [7, 11) is 0. The summed E-state index contributed by atoms with van der Waals surface area (Å²) in [6, 6.07) is 9.08. The van der Waals surface area contributed by atoms with Crippen molar-refractivity contribution in [2.45, 2.75) is 38.8 Å². The molecule has 3 heteroatoms. The van der Waals surface area contributed by atoms with Gasteiger partial charge in [-0.3, -0.25) is 0 Å². The van der Waals surface area contributed by atoms with Gasteiger partial charge in [0.15, 0.2) is 0 Å². The molecule has 3 atom stereocenters. The molecule has 0 aromatic heterocycles. The van der Waals surface area contributed by atoms with Gasteiger partial charge in [-0.2, -0.15) is 0 Å². The molecule has 0 saturated carbocycles. The van der Waals surface area contributed by atoms with Crippen molar-refractivity contribution in [2.75, 3.05) is 19.8 Å². The van der Waals surface area contributed by atoms with Gasteiger partial charge in [0.1, 0.15) is 5.75 Å². The predicted molar refractivity (Wildman–Crippen MR) is 73.2 cm³/mol. The topological polar surface area (TPSA) is 30.5 Å². The lowest BCUT2D eigenvalue weighted by atomic mass is 9.94. The maximum absolute atomic E-state index is 5.72. The van der Waals surface area contributed by atoms with Gasteiger partial charge in [0.05, 0.1) is 13.2 Å². The summed E-state index contributed by atoms with van der Waals surface area (Å²) in [6.45, 7) is 8.71. The van der Waals surface area contributed by atoms with E-state index in [2.05, 4.69) is 31.3 Å². The van der Waals surface area contributed by atoms with Crippen LogP contribution < -0.4 is 10.1 Å². The number of hydrogen-bond donors (Lipinski definition) is 1. The van der Waals surface area contributed by atoms with Gasteiger partial charge in [-0.05, 0) is 26.8 Å². The third-order valence-corrected chi connectivity index (χ3v) is 3.46. The van der Waals surface area contributed by atoms with Crippen LogP contribution in [0.3, 0.4) is 0 Å². The smallest absolute Gasteiger partial charge is 0.122 e. The molecule has 1 heterocycles. The third kappa shape index (κ3) is 3.03. The van der Waals surface area contributed by atoms with Crippen molar-refractivity contribution in [3.8, 4) is 5.75 Å². The van der Waals surface area contributed by atoms with Gasteiger partial charge in [0.2, 0.25) is 0 Å².